The van der Waals surface area contributed by atoms with Crippen LogP contribution < -0.4 is 5.73 Å². The van der Waals surface area contributed by atoms with E-state index in [2.05, 4.69) is 41.5 Å². The number of allylic oxidation sites excluding steroid dienone is 2. The number of ketones is 1. The van der Waals surface area contributed by atoms with Crippen LogP contribution in [0.5, 0.6) is 0 Å². The Morgan fingerprint density at radius 1 is 0.978 bits per heavy atom. The van der Waals surface area contributed by atoms with E-state index in [9.17, 15) is 19.2 Å². The molecule has 5 rings (SSSR count). The third-order valence-electron chi connectivity index (χ3n) is 14.4. The number of halogens is 1. The largest absolute Gasteiger partial charge is 0.481 e. The molecular formula is C36H56ClNO7. The van der Waals surface area contributed by atoms with Crippen LogP contribution in [0.4, 0.5) is 0 Å². The summed E-state index contributed by atoms with van der Waals surface area (Å²) < 4.78 is 11.3. The number of carboxylic acids is 1. The number of ether oxygens (including phenoxy) is 2. The van der Waals surface area contributed by atoms with Gasteiger partial charge in [0.05, 0.1) is 12.5 Å². The second kappa shape index (κ2) is 11.6. The summed E-state index contributed by atoms with van der Waals surface area (Å²) in [7, 11) is 1.48. The lowest BCUT2D eigenvalue weighted by Gasteiger charge is -2.70. The predicted molar refractivity (Wildman–Crippen MR) is 173 cm³/mol. The van der Waals surface area contributed by atoms with Crippen molar-refractivity contribution in [3.63, 3.8) is 0 Å². The first-order valence-corrected chi connectivity index (χ1v) is 16.8. The Morgan fingerprint density at radius 3 is 2.24 bits per heavy atom. The van der Waals surface area contributed by atoms with Gasteiger partial charge in [0.1, 0.15) is 12.1 Å². The van der Waals surface area contributed by atoms with E-state index in [-0.39, 0.29) is 87.9 Å². The summed E-state index contributed by atoms with van der Waals surface area (Å²) in [6, 6.07) is -0.967. The first-order valence-electron chi connectivity index (χ1n) is 16.8. The zero-order chi connectivity index (χ0) is 32.7. The van der Waals surface area contributed by atoms with Crippen LogP contribution >= 0.6 is 12.4 Å². The minimum Gasteiger partial charge on any atom is -0.481 e. The first-order chi connectivity index (χ1) is 20.3. The molecule has 0 aromatic heterocycles. The van der Waals surface area contributed by atoms with Crippen molar-refractivity contribution in [3.05, 3.63) is 11.6 Å². The van der Waals surface area contributed by atoms with Crippen LogP contribution in [-0.4, -0.2) is 48.1 Å². The fraction of sp³-hybridized carbons (Fsp3) is 0.833. The highest BCUT2D eigenvalue weighted by Gasteiger charge is 2.70. The van der Waals surface area contributed by atoms with Crippen molar-refractivity contribution in [1.82, 2.24) is 0 Å². The maximum absolute atomic E-state index is 14.6. The molecule has 9 heteroatoms. The van der Waals surface area contributed by atoms with Gasteiger partial charge < -0.3 is 20.3 Å². The summed E-state index contributed by atoms with van der Waals surface area (Å²) in [4.78, 5) is 51.4. The van der Waals surface area contributed by atoms with E-state index < -0.39 is 23.4 Å². The van der Waals surface area contributed by atoms with E-state index in [1.807, 2.05) is 13.0 Å². The lowest BCUT2D eigenvalue weighted by atomic mass is 9.33. The van der Waals surface area contributed by atoms with E-state index in [1.165, 1.54) is 12.7 Å². The summed E-state index contributed by atoms with van der Waals surface area (Å²) in [6.45, 7) is 15.8. The van der Waals surface area contributed by atoms with Crippen molar-refractivity contribution in [2.24, 2.45) is 56.0 Å². The molecule has 10 atom stereocenters. The molecule has 0 unspecified atom stereocenters. The van der Waals surface area contributed by atoms with Gasteiger partial charge in [-0.25, -0.2) is 0 Å². The summed E-state index contributed by atoms with van der Waals surface area (Å²) in [5.41, 5.74) is 5.79. The van der Waals surface area contributed by atoms with Gasteiger partial charge in [-0.1, -0.05) is 47.1 Å². The zero-order valence-corrected chi connectivity index (χ0v) is 29.4. The number of esters is 2. The maximum Gasteiger partial charge on any atom is 0.323 e. The van der Waals surface area contributed by atoms with Gasteiger partial charge in [-0.3, -0.25) is 19.2 Å². The predicted octanol–water partition coefficient (Wildman–Crippen LogP) is 6.67. The van der Waals surface area contributed by atoms with Crippen LogP contribution in [0.25, 0.3) is 0 Å². The van der Waals surface area contributed by atoms with Gasteiger partial charge in [-0.2, -0.15) is 0 Å². The zero-order valence-electron chi connectivity index (χ0n) is 28.6. The normalized spacial score (nSPS) is 43.9. The molecule has 0 bridgehead atoms. The molecule has 0 aliphatic heterocycles. The van der Waals surface area contributed by atoms with E-state index in [0.29, 0.717) is 6.42 Å². The lowest BCUT2D eigenvalue weighted by Crippen LogP contribution is -2.67. The molecule has 0 aromatic carbocycles. The Bertz CT molecular complexity index is 1280. The van der Waals surface area contributed by atoms with Crippen LogP contribution in [-0.2, 0) is 28.7 Å². The molecular weight excluding hydrogens is 594 g/mol. The summed E-state index contributed by atoms with van der Waals surface area (Å²) in [5, 5.41) is 9.00. The van der Waals surface area contributed by atoms with Crippen LogP contribution in [0.1, 0.15) is 119 Å². The molecule has 4 fully saturated rings. The maximum atomic E-state index is 14.6. The molecule has 0 heterocycles. The Morgan fingerprint density at radius 2 is 1.62 bits per heavy atom. The third kappa shape index (κ3) is 5.28. The SMILES string of the molecule is COC(=O)[C@@]1(C)CC[C@]2(C)CC[C@]3(C)C(=CC(=O)[C@@H]4[C@@]5(C)CC[C@H](OC(=O)[C@@H](N)CCC(=O)O)C(C)(C)[C@@H]5CC[C@]43C)[C@@H]2C1.Cl. The average Bonchev–Trinajstić information content (AvgIpc) is 2.94. The molecule has 5 aliphatic carbocycles. The van der Waals surface area contributed by atoms with Crippen molar-refractivity contribution < 1.29 is 33.8 Å². The second-order valence-electron chi connectivity index (χ2n) is 17.1. The molecule has 0 aromatic rings. The molecule has 45 heavy (non-hydrogen) atoms. The standard InChI is InChI=1S/C36H55NO7.ClH/c1-31(2)25-11-14-36(7)28(34(25,5)13-12-26(31)44-29(41)23(37)9-10-27(39)40)24(38)19-21-22-20-33(4,30(42)43-8)16-15-32(22,3)17-18-35(21,36)6;/h19,22-23,25-26,28H,9-18,20,37H2,1-8H3,(H,39,40);1H/t22-,23-,25-,26-,28+,32+,33-,34-,35+,36+;/m0./s1. The minimum absolute atomic E-state index is 0. The van der Waals surface area contributed by atoms with Crippen molar-refractivity contribution in [3.8, 4) is 0 Å². The molecule has 0 spiro atoms. The Labute approximate surface area is 275 Å². The Hall–Kier alpha value is -1.93. The van der Waals surface area contributed by atoms with Crippen molar-refractivity contribution in [2.45, 2.75) is 131 Å². The molecule has 8 nitrogen and oxygen atoms in total. The van der Waals surface area contributed by atoms with Crippen LogP contribution in [0, 0.1) is 50.2 Å². The van der Waals surface area contributed by atoms with Gasteiger partial charge in [0.15, 0.2) is 5.78 Å². The number of hydrogen-bond acceptors (Lipinski definition) is 7. The van der Waals surface area contributed by atoms with Gasteiger partial charge in [0.25, 0.3) is 0 Å². The van der Waals surface area contributed by atoms with E-state index in [0.717, 1.165) is 51.4 Å². The smallest absolute Gasteiger partial charge is 0.323 e. The lowest BCUT2D eigenvalue weighted by molar-refractivity contribution is -0.211. The number of aliphatic carboxylic acids is 1. The van der Waals surface area contributed by atoms with E-state index in [1.54, 1.807) is 0 Å². The highest BCUT2D eigenvalue weighted by atomic mass is 35.5. The van der Waals surface area contributed by atoms with Crippen molar-refractivity contribution in [2.75, 3.05) is 7.11 Å². The number of carbonyl (C=O) groups excluding carboxylic acids is 3. The summed E-state index contributed by atoms with van der Waals surface area (Å²) in [5.74, 6) is -1.25. The number of carboxylic acid groups (broad SMARTS) is 1. The fourth-order valence-electron chi connectivity index (χ4n) is 11.4. The quantitative estimate of drug-likeness (QED) is 0.305. The number of carbonyl (C=O) groups is 4. The monoisotopic (exact) mass is 649 g/mol. The third-order valence-corrected chi connectivity index (χ3v) is 14.4. The van der Waals surface area contributed by atoms with Crippen LogP contribution in [0.3, 0.4) is 0 Å². The summed E-state index contributed by atoms with van der Waals surface area (Å²) in [6.07, 6.45) is 9.43. The van der Waals surface area contributed by atoms with Crippen LogP contribution in [0.2, 0.25) is 0 Å². The fourth-order valence-corrected chi connectivity index (χ4v) is 11.4. The molecule has 0 amide bonds. The molecule has 0 radical (unpaired) electrons. The Balaban J connectivity index is 0.00000461. The molecule has 4 saturated carbocycles. The molecule has 5 aliphatic rings. The average molecular weight is 650 g/mol. The number of methoxy groups -OCH3 is 1. The minimum atomic E-state index is -0.987. The Kier molecular flexibility index (Phi) is 9.29. The number of rotatable bonds is 6. The van der Waals surface area contributed by atoms with Gasteiger partial charge in [0, 0.05) is 17.8 Å². The molecule has 3 N–H and O–H groups in total. The summed E-state index contributed by atoms with van der Waals surface area (Å²) >= 11 is 0. The number of hydrogen-bond donors (Lipinski definition) is 2. The van der Waals surface area contributed by atoms with Crippen molar-refractivity contribution >= 4 is 36.1 Å². The van der Waals surface area contributed by atoms with Crippen LogP contribution in [0.15, 0.2) is 11.6 Å². The molecule has 254 valence electrons. The number of fused-ring (bicyclic) bond motifs is 7. The highest BCUT2D eigenvalue weighted by molar-refractivity contribution is 5.95. The first kappa shape index (κ1) is 35.9. The topological polar surface area (TPSA) is 133 Å². The number of nitrogens with two attached hydrogens (primary N) is 1. The van der Waals surface area contributed by atoms with Gasteiger partial charge >= 0.3 is 17.9 Å². The second-order valence-corrected chi connectivity index (χ2v) is 17.1. The van der Waals surface area contributed by atoms with Gasteiger partial charge in [-0.15, -0.1) is 12.4 Å². The van der Waals surface area contributed by atoms with Crippen molar-refractivity contribution in [1.29, 1.82) is 0 Å². The van der Waals surface area contributed by atoms with Gasteiger partial charge in [0.2, 0.25) is 0 Å². The van der Waals surface area contributed by atoms with Gasteiger partial charge in [-0.05, 0) is 111 Å². The van der Waals surface area contributed by atoms with E-state index >= 15 is 0 Å². The van der Waals surface area contributed by atoms with E-state index in [4.69, 9.17) is 20.3 Å². The molecule has 0 saturated heterocycles. The highest BCUT2D eigenvalue weighted by Crippen LogP contribution is 2.75.